The Kier molecular flexibility index (Phi) is 3.81. The number of amides is 1. The Labute approximate surface area is 151 Å². The van der Waals surface area contributed by atoms with Crippen LogP contribution in [0.1, 0.15) is 32.1 Å². The molecule has 26 heavy (non-hydrogen) atoms. The molecule has 7 nitrogen and oxygen atoms in total. The number of ether oxygens (including phenoxy) is 2. The number of carbonyl (C=O) groups is 1. The smallest absolute Gasteiger partial charge is 0.231 e. The molecule has 3 aliphatic rings. The SMILES string of the molecule is O=C(CC1CC2CCC(C1)N2)Nc1[nH]ncc1-c1ccc2c(c1)OCO2. The third-order valence-corrected chi connectivity index (χ3v) is 5.63. The van der Waals surface area contributed by atoms with Crippen molar-refractivity contribution in [3.8, 4) is 22.6 Å². The first-order chi connectivity index (χ1) is 12.7. The molecule has 0 spiro atoms. The van der Waals surface area contributed by atoms with Crippen molar-refractivity contribution in [2.24, 2.45) is 5.92 Å². The Hall–Kier alpha value is -2.54. The van der Waals surface area contributed by atoms with E-state index in [4.69, 9.17) is 9.47 Å². The number of nitrogens with zero attached hydrogens (tertiary/aromatic N) is 1. The standard InChI is InChI=1S/C19H22N4O3/c24-18(7-11-5-13-2-3-14(6-11)21-13)22-19-15(9-20-23-19)12-1-4-16-17(8-12)26-10-25-16/h1,4,8-9,11,13-14,21H,2-3,5-7,10H2,(H2,20,22,23,24). The maximum atomic E-state index is 12.6. The van der Waals surface area contributed by atoms with Crippen LogP contribution in [-0.2, 0) is 4.79 Å². The van der Waals surface area contributed by atoms with Gasteiger partial charge in [-0.05, 0) is 49.3 Å². The van der Waals surface area contributed by atoms with Crippen LogP contribution in [-0.4, -0.2) is 35.0 Å². The molecule has 7 heteroatoms. The van der Waals surface area contributed by atoms with Crippen LogP contribution in [0.15, 0.2) is 24.4 Å². The summed E-state index contributed by atoms with van der Waals surface area (Å²) in [6.07, 6.45) is 6.98. The summed E-state index contributed by atoms with van der Waals surface area (Å²) in [7, 11) is 0. The monoisotopic (exact) mass is 354 g/mol. The van der Waals surface area contributed by atoms with Crippen LogP contribution in [0.4, 0.5) is 5.82 Å². The molecule has 2 atom stereocenters. The number of piperidine rings is 1. The van der Waals surface area contributed by atoms with Crippen LogP contribution in [0, 0.1) is 5.92 Å². The van der Waals surface area contributed by atoms with E-state index in [1.54, 1.807) is 6.20 Å². The number of benzene rings is 1. The first kappa shape index (κ1) is 15.7. The van der Waals surface area contributed by atoms with Gasteiger partial charge in [0, 0.05) is 24.1 Å². The van der Waals surface area contributed by atoms with Crippen LogP contribution in [0.2, 0.25) is 0 Å². The number of hydrogen-bond donors (Lipinski definition) is 3. The highest BCUT2D eigenvalue weighted by atomic mass is 16.7. The minimum Gasteiger partial charge on any atom is -0.454 e. The lowest BCUT2D eigenvalue weighted by Gasteiger charge is -2.28. The van der Waals surface area contributed by atoms with Crippen molar-refractivity contribution in [2.45, 2.75) is 44.2 Å². The van der Waals surface area contributed by atoms with Crippen LogP contribution >= 0.6 is 0 Å². The predicted octanol–water partition coefficient (Wildman–Crippen LogP) is 2.66. The van der Waals surface area contributed by atoms with E-state index >= 15 is 0 Å². The molecule has 0 saturated carbocycles. The second-order valence-corrected chi connectivity index (χ2v) is 7.45. The first-order valence-corrected chi connectivity index (χ1v) is 9.24. The molecule has 1 amide bonds. The number of aromatic amines is 1. The highest BCUT2D eigenvalue weighted by molar-refractivity contribution is 5.94. The van der Waals surface area contributed by atoms with Gasteiger partial charge in [-0.2, -0.15) is 5.10 Å². The molecule has 4 heterocycles. The van der Waals surface area contributed by atoms with Crippen molar-refractivity contribution >= 4 is 11.7 Å². The lowest BCUT2D eigenvalue weighted by Crippen LogP contribution is -2.39. The minimum absolute atomic E-state index is 0.0440. The maximum absolute atomic E-state index is 12.6. The fourth-order valence-corrected chi connectivity index (χ4v) is 4.46. The fraction of sp³-hybridized carbons (Fsp3) is 0.474. The summed E-state index contributed by atoms with van der Waals surface area (Å²) < 4.78 is 10.8. The Bertz CT molecular complexity index is 822. The highest BCUT2D eigenvalue weighted by Crippen LogP contribution is 2.38. The van der Waals surface area contributed by atoms with Crippen LogP contribution in [0.3, 0.4) is 0 Å². The Morgan fingerprint density at radius 2 is 2.00 bits per heavy atom. The predicted molar refractivity (Wildman–Crippen MR) is 96.1 cm³/mol. The Morgan fingerprint density at radius 3 is 2.85 bits per heavy atom. The molecule has 0 radical (unpaired) electrons. The summed E-state index contributed by atoms with van der Waals surface area (Å²) in [4.78, 5) is 12.6. The molecule has 0 aliphatic carbocycles. The van der Waals surface area contributed by atoms with Gasteiger partial charge in [0.2, 0.25) is 12.7 Å². The molecule has 2 bridgehead atoms. The summed E-state index contributed by atoms with van der Waals surface area (Å²) in [5.74, 6) is 2.59. The van der Waals surface area contributed by atoms with Gasteiger partial charge in [-0.15, -0.1) is 0 Å². The van der Waals surface area contributed by atoms with Crippen LogP contribution in [0.25, 0.3) is 11.1 Å². The molecule has 2 saturated heterocycles. The van der Waals surface area contributed by atoms with Gasteiger partial charge in [-0.1, -0.05) is 6.07 Å². The van der Waals surface area contributed by atoms with Gasteiger partial charge in [-0.3, -0.25) is 9.89 Å². The van der Waals surface area contributed by atoms with Gasteiger partial charge in [0.25, 0.3) is 0 Å². The zero-order chi connectivity index (χ0) is 17.5. The van der Waals surface area contributed by atoms with Crippen molar-refractivity contribution in [1.29, 1.82) is 0 Å². The molecular formula is C19H22N4O3. The number of hydrogen-bond acceptors (Lipinski definition) is 5. The largest absolute Gasteiger partial charge is 0.454 e. The normalized spacial score (nSPS) is 26.1. The third kappa shape index (κ3) is 2.92. The van der Waals surface area contributed by atoms with Crippen LogP contribution in [0.5, 0.6) is 11.5 Å². The van der Waals surface area contributed by atoms with Gasteiger partial charge < -0.3 is 20.1 Å². The molecule has 5 rings (SSSR count). The van der Waals surface area contributed by atoms with E-state index < -0.39 is 0 Å². The topological polar surface area (TPSA) is 88.3 Å². The second-order valence-electron chi connectivity index (χ2n) is 7.45. The molecule has 3 N–H and O–H groups in total. The van der Waals surface area contributed by atoms with E-state index in [1.807, 2.05) is 18.2 Å². The molecule has 136 valence electrons. The maximum Gasteiger partial charge on any atom is 0.231 e. The van der Waals surface area contributed by atoms with Crippen molar-refractivity contribution in [3.05, 3.63) is 24.4 Å². The average molecular weight is 354 g/mol. The highest BCUT2D eigenvalue weighted by Gasteiger charge is 2.34. The number of fused-ring (bicyclic) bond motifs is 3. The van der Waals surface area contributed by atoms with Gasteiger partial charge in [0.1, 0.15) is 5.82 Å². The van der Waals surface area contributed by atoms with E-state index in [9.17, 15) is 4.79 Å². The number of carbonyl (C=O) groups excluding carboxylic acids is 1. The zero-order valence-electron chi connectivity index (χ0n) is 14.5. The summed E-state index contributed by atoms with van der Waals surface area (Å²) in [6.45, 7) is 0.242. The van der Waals surface area contributed by atoms with E-state index in [0.717, 1.165) is 29.7 Å². The van der Waals surface area contributed by atoms with Gasteiger partial charge in [0.15, 0.2) is 11.5 Å². The molecule has 2 aromatic rings. The van der Waals surface area contributed by atoms with Gasteiger partial charge in [-0.25, -0.2) is 0 Å². The van der Waals surface area contributed by atoms with Crippen molar-refractivity contribution in [3.63, 3.8) is 0 Å². The van der Waals surface area contributed by atoms with Gasteiger partial charge >= 0.3 is 0 Å². The van der Waals surface area contributed by atoms with Crippen molar-refractivity contribution < 1.29 is 14.3 Å². The van der Waals surface area contributed by atoms with Crippen molar-refractivity contribution in [2.75, 3.05) is 12.1 Å². The lowest BCUT2D eigenvalue weighted by molar-refractivity contribution is -0.117. The molecule has 3 aliphatic heterocycles. The minimum atomic E-state index is 0.0440. The molecule has 1 aromatic heterocycles. The number of nitrogens with one attached hydrogen (secondary N) is 3. The van der Waals surface area contributed by atoms with E-state index in [1.165, 1.54) is 12.8 Å². The average Bonchev–Trinajstić information content (AvgIpc) is 3.34. The lowest BCUT2D eigenvalue weighted by atomic mass is 9.89. The summed E-state index contributed by atoms with van der Waals surface area (Å²) in [6, 6.07) is 6.93. The first-order valence-electron chi connectivity index (χ1n) is 9.24. The molecular weight excluding hydrogens is 332 g/mol. The quantitative estimate of drug-likeness (QED) is 0.786. The van der Waals surface area contributed by atoms with Crippen LogP contribution < -0.4 is 20.1 Å². The van der Waals surface area contributed by atoms with Gasteiger partial charge in [0.05, 0.1) is 6.20 Å². The Morgan fingerprint density at radius 1 is 1.19 bits per heavy atom. The second kappa shape index (κ2) is 6.32. The number of anilines is 1. The Balaban J connectivity index is 1.28. The third-order valence-electron chi connectivity index (χ3n) is 5.63. The van der Waals surface area contributed by atoms with E-state index in [0.29, 0.717) is 36.0 Å². The number of H-pyrrole nitrogens is 1. The zero-order valence-corrected chi connectivity index (χ0v) is 14.5. The van der Waals surface area contributed by atoms with E-state index in [2.05, 4.69) is 20.8 Å². The molecule has 2 unspecified atom stereocenters. The number of rotatable bonds is 4. The summed E-state index contributed by atoms with van der Waals surface area (Å²) in [5, 5.41) is 13.6. The number of aromatic nitrogens is 2. The fourth-order valence-electron chi connectivity index (χ4n) is 4.46. The van der Waals surface area contributed by atoms with Crippen molar-refractivity contribution in [1.82, 2.24) is 15.5 Å². The summed E-state index contributed by atoms with van der Waals surface area (Å²) >= 11 is 0. The summed E-state index contributed by atoms with van der Waals surface area (Å²) in [5.41, 5.74) is 1.78. The molecule has 1 aromatic carbocycles. The van der Waals surface area contributed by atoms with E-state index in [-0.39, 0.29) is 12.7 Å². The molecule has 2 fully saturated rings.